The Balaban J connectivity index is 2.41. The summed E-state index contributed by atoms with van der Waals surface area (Å²) in [6.07, 6.45) is 4.06. The van der Waals surface area contributed by atoms with Crippen molar-refractivity contribution in [3.63, 3.8) is 0 Å². The Bertz CT molecular complexity index is 262. The van der Waals surface area contributed by atoms with Crippen molar-refractivity contribution >= 4 is 5.91 Å². The van der Waals surface area contributed by atoms with Crippen LogP contribution in [0.1, 0.15) is 46.5 Å². The quantitative estimate of drug-likeness (QED) is 0.560. The molecule has 100 valence electrons. The number of hydrogen-bond acceptors (Lipinski definition) is 3. The number of aliphatic hydroxyl groups is 1. The molecule has 1 amide bonds. The van der Waals surface area contributed by atoms with E-state index in [0.29, 0.717) is 18.4 Å². The van der Waals surface area contributed by atoms with Gasteiger partial charge in [0.25, 0.3) is 0 Å². The molecule has 0 spiro atoms. The second-order valence-electron chi connectivity index (χ2n) is 5.86. The first-order chi connectivity index (χ1) is 7.88. The molecule has 0 bridgehead atoms. The molecule has 0 aliphatic heterocycles. The van der Waals surface area contributed by atoms with Crippen LogP contribution < -0.4 is 11.1 Å². The Labute approximate surface area is 104 Å². The second-order valence-corrected chi connectivity index (χ2v) is 5.86. The lowest BCUT2D eigenvalue weighted by molar-refractivity contribution is -0.126. The first-order valence-electron chi connectivity index (χ1n) is 6.60. The number of primary amides is 1. The van der Waals surface area contributed by atoms with Crippen LogP contribution in [0.5, 0.6) is 0 Å². The third kappa shape index (κ3) is 4.28. The first-order valence-corrected chi connectivity index (χ1v) is 6.60. The van der Waals surface area contributed by atoms with Gasteiger partial charge in [0.15, 0.2) is 0 Å². The van der Waals surface area contributed by atoms with Gasteiger partial charge in [0.05, 0.1) is 5.41 Å². The van der Waals surface area contributed by atoms with Crippen LogP contribution in [0.4, 0.5) is 0 Å². The third-order valence-electron chi connectivity index (χ3n) is 3.68. The van der Waals surface area contributed by atoms with Crippen molar-refractivity contribution < 1.29 is 9.90 Å². The summed E-state index contributed by atoms with van der Waals surface area (Å²) in [5.74, 6) is 0.647. The molecular formula is C13H26N2O2. The molecule has 4 nitrogen and oxygen atoms in total. The van der Waals surface area contributed by atoms with E-state index in [1.165, 1.54) is 12.8 Å². The average Bonchev–Trinajstić information content (AvgIpc) is 3.06. The van der Waals surface area contributed by atoms with Crippen molar-refractivity contribution in [1.82, 2.24) is 5.32 Å². The Kier molecular flexibility index (Phi) is 4.95. The minimum absolute atomic E-state index is 0.323. The van der Waals surface area contributed by atoms with E-state index >= 15 is 0 Å². The fourth-order valence-corrected chi connectivity index (χ4v) is 2.11. The molecule has 2 atom stereocenters. The molecule has 1 fully saturated rings. The molecule has 0 radical (unpaired) electrons. The number of aliphatic hydroxyl groups excluding tert-OH is 1. The smallest absolute Gasteiger partial charge is 0.224 e. The molecule has 2 unspecified atom stereocenters. The van der Waals surface area contributed by atoms with Crippen LogP contribution in [-0.2, 0) is 4.79 Å². The van der Waals surface area contributed by atoms with Gasteiger partial charge < -0.3 is 10.8 Å². The Hall–Kier alpha value is -0.610. The SMILES string of the molecule is CCCC(C1CC1)C(O)NCC(C)(C)C(N)=O. The number of nitrogens with one attached hydrogen (secondary N) is 1. The van der Waals surface area contributed by atoms with Gasteiger partial charge in [-0.25, -0.2) is 0 Å². The van der Waals surface area contributed by atoms with Crippen LogP contribution in [0, 0.1) is 17.3 Å². The number of hydrogen-bond donors (Lipinski definition) is 3. The van der Waals surface area contributed by atoms with Crippen molar-refractivity contribution in [2.24, 2.45) is 23.0 Å². The second kappa shape index (κ2) is 5.83. The molecule has 0 heterocycles. The summed E-state index contributed by atoms with van der Waals surface area (Å²) in [5, 5.41) is 13.2. The zero-order valence-corrected chi connectivity index (χ0v) is 11.2. The van der Waals surface area contributed by atoms with Gasteiger partial charge in [-0.15, -0.1) is 0 Å². The van der Waals surface area contributed by atoms with Crippen LogP contribution in [0.25, 0.3) is 0 Å². The van der Waals surface area contributed by atoms with E-state index in [9.17, 15) is 9.90 Å². The van der Waals surface area contributed by atoms with Gasteiger partial charge in [0.2, 0.25) is 5.91 Å². The Morgan fingerprint density at radius 3 is 2.53 bits per heavy atom. The zero-order chi connectivity index (χ0) is 13.1. The highest BCUT2D eigenvalue weighted by atomic mass is 16.3. The number of carbonyl (C=O) groups excluding carboxylic acids is 1. The highest BCUT2D eigenvalue weighted by Crippen LogP contribution is 2.40. The van der Waals surface area contributed by atoms with Crippen LogP contribution in [0.2, 0.25) is 0 Å². The summed E-state index contributed by atoms with van der Waals surface area (Å²) in [6.45, 7) is 6.15. The fraction of sp³-hybridized carbons (Fsp3) is 0.923. The van der Waals surface area contributed by atoms with E-state index in [4.69, 9.17) is 5.73 Å². The highest BCUT2D eigenvalue weighted by Gasteiger charge is 2.36. The molecule has 0 aromatic carbocycles. The van der Waals surface area contributed by atoms with Gasteiger partial charge in [-0.2, -0.15) is 0 Å². The van der Waals surface area contributed by atoms with Crippen molar-refractivity contribution in [2.45, 2.75) is 52.7 Å². The first kappa shape index (κ1) is 14.5. The van der Waals surface area contributed by atoms with Crippen LogP contribution in [0.15, 0.2) is 0 Å². The lowest BCUT2D eigenvalue weighted by atomic mass is 9.91. The van der Waals surface area contributed by atoms with Crippen LogP contribution in [-0.4, -0.2) is 23.8 Å². The van der Waals surface area contributed by atoms with Crippen LogP contribution >= 0.6 is 0 Å². The summed E-state index contributed by atoms with van der Waals surface area (Å²) in [5.41, 5.74) is 4.69. The van der Waals surface area contributed by atoms with E-state index in [-0.39, 0.29) is 5.91 Å². The molecule has 0 saturated heterocycles. The monoisotopic (exact) mass is 242 g/mol. The van der Waals surface area contributed by atoms with E-state index < -0.39 is 11.6 Å². The van der Waals surface area contributed by atoms with Crippen molar-refractivity contribution in [3.8, 4) is 0 Å². The normalized spacial score (nSPS) is 20.0. The maximum absolute atomic E-state index is 11.2. The third-order valence-corrected chi connectivity index (χ3v) is 3.68. The largest absolute Gasteiger partial charge is 0.378 e. The molecular weight excluding hydrogens is 216 g/mol. The van der Waals surface area contributed by atoms with E-state index in [2.05, 4.69) is 12.2 Å². The van der Waals surface area contributed by atoms with Crippen molar-refractivity contribution in [3.05, 3.63) is 0 Å². The van der Waals surface area contributed by atoms with Gasteiger partial charge in [-0.1, -0.05) is 13.3 Å². The Morgan fingerprint density at radius 2 is 2.12 bits per heavy atom. The average molecular weight is 242 g/mol. The predicted octanol–water partition coefficient (Wildman–Crippen LogP) is 1.23. The lowest BCUT2D eigenvalue weighted by Gasteiger charge is -2.28. The molecule has 0 aromatic rings. The molecule has 1 aliphatic carbocycles. The predicted molar refractivity (Wildman–Crippen MR) is 68.1 cm³/mol. The van der Waals surface area contributed by atoms with Gasteiger partial charge in [-0.05, 0) is 39.0 Å². The number of carbonyl (C=O) groups is 1. The Morgan fingerprint density at radius 1 is 1.53 bits per heavy atom. The van der Waals surface area contributed by atoms with Crippen molar-refractivity contribution in [1.29, 1.82) is 0 Å². The molecule has 4 heteroatoms. The highest BCUT2D eigenvalue weighted by molar-refractivity contribution is 5.80. The maximum Gasteiger partial charge on any atom is 0.224 e. The number of rotatable bonds is 8. The van der Waals surface area contributed by atoms with Gasteiger partial charge in [0.1, 0.15) is 6.23 Å². The molecule has 17 heavy (non-hydrogen) atoms. The molecule has 0 aromatic heterocycles. The summed E-state index contributed by atoms with van der Waals surface area (Å²) in [6, 6.07) is 0. The summed E-state index contributed by atoms with van der Waals surface area (Å²) in [4.78, 5) is 11.2. The molecule has 1 rings (SSSR count). The zero-order valence-electron chi connectivity index (χ0n) is 11.2. The lowest BCUT2D eigenvalue weighted by Crippen LogP contribution is -2.46. The van der Waals surface area contributed by atoms with Gasteiger partial charge in [0, 0.05) is 12.5 Å². The summed E-state index contributed by atoms with van der Waals surface area (Å²) in [7, 11) is 0. The van der Waals surface area contributed by atoms with E-state index in [0.717, 1.165) is 12.8 Å². The summed E-state index contributed by atoms with van der Waals surface area (Å²) >= 11 is 0. The minimum Gasteiger partial charge on any atom is -0.378 e. The molecule has 1 saturated carbocycles. The standard InChI is InChI=1S/C13H26N2O2/c1-4-5-10(9-6-7-9)11(16)15-8-13(2,3)12(14)17/h9-11,15-16H,4-8H2,1-3H3,(H2,14,17). The molecule has 1 aliphatic rings. The number of nitrogens with two attached hydrogens (primary N) is 1. The minimum atomic E-state index is -0.610. The maximum atomic E-state index is 11.2. The van der Waals surface area contributed by atoms with Gasteiger partial charge in [-0.3, -0.25) is 10.1 Å². The van der Waals surface area contributed by atoms with Gasteiger partial charge >= 0.3 is 0 Å². The van der Waals surface area contributed by atoms with Crippen LogP contribution in [0.3, 0.4) is 0 Å². The number of amides is 1. The van der Waals surface area contributed by atoms with E-state index in [1.807, 2.05) is 0 Å². The summed E-state index contributed by atoms with van der Waals surface area (Å²) < 4.78 is 0. The fourth-order valence-electron chi connectivity index (χ4n) is 2.11. The van der Waals surface area contributed by atoms with Crippen molar-refractivity contribution in [2.75, 3.05) is 6.54 Å². The topological polar surface area (TPSA) is 75.3 Å². The molecule has 4 N–H and O–H groups in total. The van der Waals surface area contributed by atoms with E-state index in [1.54, 1.807) is 13.8 Å².